The first-order valence-electron chi connectivity index (χ1n) is 13.2. The minimum Gasteiger partial charge on any atom is -0.321 e. The number of allylic oxidation sites excluding steroid dienone is 4. The average Bonchev–Trinajstić information content (AvgIpc) is 2.85. The zero-order valence-electron chi connectivity index (χ0n) is 22.6. The molecule has 2 unspecified atom stereocenters. The number of carbonyl (C=O) groups excluding carboxylic acids is 2. The molecule has 2 aromatic carbocycles. The quantitative estimate of drug-likeness (QED) is 0.242. The van der Waals surface area contributed by atoms with E-state index < -0.39 is 18.9 Å². The van der Waals surface area contributed by atoms with E-state index in [4.69, 9.17) is 0 Å². The molecule has 1 aliphatic rings. The van der Waals surface area contributed by atoms with Crippen LogP contribution in [0.25, 0.3) is 11.1 Å². The molecule has 6 heteroatoms. The smallest absolute Gasteiger partial charge is 0.321 e. The van der Waals surface area contributed by atoms with Crippen molar-refractivity contribution in [2.24, 2.45) is 5.41 Å². The Morgan fingerprint density at radius 1 is 0.946 bits per heavy atom. The molecule has 0 heterocycles. The maximum absolute atomic E-state index is 14.0. The standard InChI is InChI=1S/C31H39O5P/c1-6-8-18-25(32)29-27(23-15-11-10-12-16-23)21(3)30(37(34,35)36)22(4)28(29)24-17-13-14-20-31(24,5)26(33)19-9-7-2/h10-17,20,24H,6-9,18-19H2,1-5H3,(H2,34,35,36). The van der Waals surface area contributed by atoms with E-state index in [0.717, 1.165) is 24.8 Å². The molecule has 3 rings (SSSR count). The van der Waals surface area contributed by atoms with Gasteiger partial charge in [-0.1, -0.05) is 81.3 Å². The molecule has 1 aliphatic carbocycles. The summed E-state index contributed by atoms with van der Waals surface area (Å²) in [6.07, 6.45) is 11.4. The Morgan fingerprint density at radius 2 is 1.57 bits per heavy atom. The highest BCUT2D eigenvalue weighted by molar-refractivity contribution is 7.60. The van der Waals surface area contributed by atoms with Crippen molar-refractivity contribution in [3.63, 3.8) is 0 Å². The van der Waals surface area contributed by atoms with Crippen molar-refractivity contribution in [3.8, 4) is 11.1 Å². The lowest BCUT2D eigenvalue weighted by atomic mass is 9.64. The van der Waals surface area contributed by atoms with Gasteiger partial charge in [0.05, 0.1) is 10.7 Å². The Balaban J connectivity index is 2.48. The Bertz CT molecular complexity index is 1270. The molecule has 0 radical (unpaired) electrons. The first-order chi connectivity index (χ1) is 17.5. The van der Waals surface area contributed by atoms with Crippen molar-refractivity contribution in [2.45, 2.75) is 79.1 Å². The molecule has 0 aliphatic heterocycles. The molecule has 37 heavy (non-hydrogen) atoms. The van der Waals surface area contributed by atoms with Gasteiger partial charge in [-0.2, -0.15) is 0 Å². The van der Waals surface area contributed by atoms with E-state index in [-0.39, 0.29) is 16.9 Å². The molecule has 2 atom stereocenters. The predicted molar refractivity (Wildman–Crippen MR) is 151 cm³/mol. The third-order valence-electron chi connectivity index (χ3n) is 7.57. The third kappa shape index (κ3) is 5.80. The topological polar surface area (TPSA) is 91.7 Å². The Morgan fingerprint density at radius 3 is 2.16 bits per heavy atom. The van der Waals surface area contributed by atoms with Crippen molar-refractivity contribution >= 4 is 24.5 Å². The zero-order chi connectivity index (χ0) is 27.4. The predicted octanol–water partition coefficient (Wildman–Crippen LogP) is 7.12. The summed E-state index contributed by atoms with van der Waals surface area (Å²) < 4.78 is 12.9. The fraction of sp³-hybridized carbons (Fsp3) is 0.419. The van der Waals surface area contributed by atoms with E-state index >= 15 is 0 Å². The summed E-state index contributed by atoms with van der Waals surface area (Å²) in [4.78, 5) is 48.6. The number of hydrogen-bond acceptors (Lipinski definition) is 3. The minimum absolute atomic E-state index is 0.0558. The molecule has 0 spiro atoms. The van der Waals surface area contributed by atoms with E-state index in [0.29, 0.717) is 47.1 Å². The van der Waals surface area contributed by atoms with E-state index in [1.54, 1.807) is 13.8 Å². The second kappa shape index (κ2) is 11.9. The third-order valence-corrected chi connectivity index (χ3v) is 8.82. The molecular weight excluding hydrogens is 483 g/mol. The van der Waals surface area contributed by atoms with Gasteiger partial charge in [-0.3, -0.25) is 14.2 Å². The number of benzene rings is 2. The lowest BCUT2D eigenvalue weighted by molar-refractivity contribution is -0.126. The number of ketones is 2. The van der Waals surface area contributed by atoms with Crippen LogP contribution in [0.3, 0.4) is 0 Å². The van der Waals surface area contributed by atoms with Crippen molar-refractivity contribution in [2.75, 3.05) is 0 Å². The number of hydrogen-bond donors (Lipinski definition) is 2. The van der Waals surface area contributed by atoms with Gasteiger partial charge in [-0.25, -0.2) is 0 Å². The minimum atomic E-state index is -4.71. The molecule has 2 N–H and O–H groups in total. The highest BCUT2D eigenvalue weighted by Gasteiger charge is 2.43. The van der Waals surface area contributed by atoms with Crippen molar-refractivity contribution < 1.29 is 23.9 Å². The van der Waals surface area contributed by atoms with Gasteiger partial charge in [-0.15, -0.1) is 0 Å². The SMILES string of the molecule is CCCCC(=O)c1c(-c2ccccc2)c(C)c(P(=O)(O)O)c(C)c1C1C=CC=CC1(C)C(=O)CCCC. The summed E-state index contributed by atoms with van der Waals surface area (Å²) in [5.41, 5.74) is 2.17. The van der Waals surface area contributed by atoms with Crippen LogP contribution >= 0.6 is 7.60 Å². The summed E-state index contributed by atoms with van der Waals surface area (Å²) >= 11 is 0. The first-order valence-corrected chi connectivity index (χ1v) is 14.8. The van der Waals surface area contributed by atoms with Gasteiger partial charge in [0.2, 0.25) is 0 Å². The highest BCUT2D eigenvalue weighted by atomic mass is 31.2. The zero-order valence-corrected chi connectivity index (χ0v) is 23.5. The van der Waals surface area contributed by atoms with Crippen LogP contribution in [0.5, 0.6) is 0 Å². The van der Waals surface area contributed by atoms with Gasteiger partial charge in [0, 0.05) is 24.3 Å². The molecule has 0 saturated carbocycles. The molecule has 2 aromatic rings. The Kier molecular flexibility index (Phi) is 9.28. The van der Waals surface area contributed by atoms with Crippen LogP contribution in [0.1, 0.15) is 92.3 Å². The number of unbranched alkanes of at least 4 members (excludes halogenated alkanes) is 2. The first kappa shape index (κ1) is 29.0. The molecule has 0 saturated heterocycles. The summed E-state index contributed by atoms with van der Waals surface area (Å²) in [5, 5.41) is -0.0558. The van der Waals surface area contributed by atoms with Gasteiger partial charge in [0.25, 0.3) is 0 Å². The maximum Gasteiger partial charge on any atom is 0.356 e. The van der Waals surface area contributed by atoms with Crippen LogP contribution in [0.15, 0.2) is 54.6 Å². The normalized spacial score (nSPS) is 19.3. The van der Waals surface area contributed by atoms with E-state index in [9.17, 15) is 23.9 Å². The molecule has 0 amide bonds. The van der Waals surface area contributed by atoms with E-state index in [2.05, 4.69) is 0 Å². The van der Waals surface area contributed by atoms with Crippen molar-refractivity contribution in [1.82, 2.24) is 0 Å². The molecule has 0 fully saturated rings. The number of rotatable bonds is 11. The van der Waals surface area contributed by atoms with Gasteiger partial charge < -0.3 is 9.79 Å². The maximum atomic E-state index is 14.0. The summed E-state index contributed by atoms with van der Waals surface area (Å²) in [5.74, 6) is -0.535. The van der Waals surface area contributed by atoms with Crippen LogP contribution in [-0.4, -0.2) is 21.4 Å². The second-order valence-corrected chi connectivity index (χ2v) is 11.8. The van der Waals surface area contributed by atoms with Crippen molar-refractivity contribution in [1.29, 1.82) is 0 Å². The number of carbonyl (C=O) groups is 2. The van der Waals surface area contributed by atoms with Gasteiger partial charge in [0.1, 0.15) is 5.78 Å². The Hall–Kier alpha value is -2.59. The van der Waals surface area contributed by atoms with E-state index in [1.807, 2.05) is 75.4 Å². The second-order valence-electron chi connectivity index (χ2n) is 10.2. The molecule has 5 nitrogen and oxygen atoms in total. The van der Waals surface area contributed by atoms with Crippen LogP contribution < -0.4 is 5.30 Å². The molecular formula is C31H39O5P. The largest absolute Gasteiger partial charge is 0.356 e. The fourth-order valence-electron chi connectivity index (χ4n) is 5.58. The molecule has 0 bridgehead atoms. The van der Waals surface area contributed by atoms with Crippen LogP contribution in [0.4, 0.5) is 0 Å². The monoisotopic (exact) mass is 522 g/mol. The molecule has 198 valence electrons. The summed E-state index contributed by atoms with van der Waals surface area (Å²) in [7, 11) is -4.71. The fourth-order valence-corrected chi connectivity index (χ4v) is 6.69. The molecule has 0 aromatic heterocycles. The lowest BCUT2D eigenvalue weighted by Crippen LogP contribution is -2.35. The van der Waals surface area contributed by atoms with Crippen LogP contribution in [0, 0.1) is 19.3 Å². The highest BCUT2D eigenvalue weighted by Crippen LogP contribution is 2.50. The van der Waals surface area contributed by atoms with Gasteiger partial charge in [-0.05, 0) is 61.4 Å². The van der Waals surface area contributed by atoms with Gasteiger partial charge in [0.15, 0.2) is 5.78 Å². The van der Waals surface area contributed by atoms with E-state index in [1.165, 1.54) is 0 Å². The van der Waals surface area contributed by atoms with Gasteiger partial charge >= 0.3 is 7.60 Å². The lowest BCUT2D eigenvalue weighted by Gasteiger charge is -2.38. The average molecular weight is 523 g/mol. The van der Waals surface area contributed by atoms with Crippen LogP contribution in [0.2, 0.25) is 0 Å². The van der Waals surface area contributed by atoms with Crippen LogP contribution in [-0.2, 0) is 9.36 Å². The summed E-state index contributed by atoms with van der Waals surface area (Å²) in [6, 6.07) is 9.31. The number of Topliss-reactive ketones (excluding diaryl/α,β-unsaturated/α-hetero) is 2. The van der Waals surface area contributed by atoms with Crippen molar-refractivity contribution in [3.05, 3.63) is 76.9 Å². The summed E-state index contributed by atoms with van der Waals surface area (Å²) in [6.45, 7) is 9.32. The Labute approximate surface area is 220 Å².